The molecule has 1 saturated heterocycles. The van der Waals surface area contributed by atoms with Crippen molar-refractivity contribution in [2.24, 2.45) is 0 Å². The fraction of sp³-hybridized carbons (Fsp3) is 0.769. The lowest BCUT2D eigenvalue weighted by Crippen LogP contribution is -2.40. The number of hydrogen-bond donors (Lipinski definition) is 1. The number of carbonyl (C=O) groups is 1. The Hall–Kier alpha value is -1.43. The summed E-state index contributed by atoms with van der Waals surface area (Å²) in [5, 5.41) is 13.0. The van der Waals surface area contributed by atoms with Crippen LogP contribution >= 0.6 is 0 Å². The minimum atomic E-state index is -0.735. The van der Waals surface area contributed by atoms with Gasteiger partial charge in [0.05, 0.1) is 13.0 Å². The Morgan fingerprint density at radius 2 is 2.21 bits per heavy atom. The topological polar surface area (TPSA) is 79.5 Å². The molecule has 19 heavy (non-hydrogen) atoms. The number of carboxylic acid groups (broad SMARTS) is 1. The molecule has 1 unspecified atom stereocenters. The summed E-state index contributed by atoms with van der Waals surface area (Å²) in [4.78, 5) is 17.5. The Morgan fingerprint density at radius 3 is 2.95 bits per heavy atom. The van der Waals surface area contributed by atoms with Gasteiger partial charge in [0, 0.05) is 12.0 Å². The molecule has 0 spiro atoms. The molecule has 0 radical (unpaired) electrons. The first kappa shape index (κ1) is 12.6. The van der Waals surface area contributed by atoms with Crippen LogP contribution in [0.2, 0.25) is 0 Å². The molecular formula is C13H19N3O3. The van der Waals surface area contributed by atoms with Crippen LogP contribution < -0.4 is 0 Å². The number of piperidine rings is 1. The molecule has 104 valence electrons. The van der Waals surface area contributed by atoms with Crippen molar-refractivity contribution in [3.05, 3.63) is 11.7 Å². The Balaban J connectivity index is 1.63. The number of carboxylic acids is 1. The minimum Gasteiger partial charge on any atom is -0.481 e. The Labute approximate surface area is 111 Å². The highest BCUT2D eigenvalue weighted by molar-refractivity contribution is 5.67. The standard InChI is InChI=1S/C13H19N3O3/c17-12(18)7-10-3-1-2-6-16(10)8-11-14-13(15-19-11)9-4-5-9/h9-10H,1-8H2,(H,17,18). The van der Waals surface area contributed by atoms with Crippen molar-refractivity contribution in [3.63, 3.8) is 0 Å². The summed E-state index contributed by atoms with van der Waals surface area (Å²) in [6.45, 7) is 1.50. The molecule has 1 aliphatic carbocycles. The predicted molar refractivity (Wildman–Crippen MR) is 66.6 cm³/mol. The van der Waals surface area contributed by atoms with Gasteiger partial charge in [-0.05, 0) is 32.2 Å². The zero-order valence-electron chi connectivity index (χ0n) is 10.9. The average Bonchev–Trinajstić information content (AvgIpc) is 3.12. The van der Waals surface area contributed by atoms with Crippen molar-refractivity contribution in [2.75, 3.05) is 6.54 Å². The maximum absolute atomic E-state index is 10.9. The summed E-state index contributed by atoms with van der Waals surface area (Å²) >= 11 is 0. The van der Waals surface area contributed by atoms with Crippen LogP contribution in [0.3, 0.4) is 0 Å². The SMILES string of the molecule is O=C(O)CC1CCCCN1Cc1nc(C2CC2)no1. The highest BCUT2D eigenvalue weighted by Gasteiger charge is 2.30. The number of aliphatic carboxylic acids is 1. The van der Waals surface area contributed by atoms with Gasteiger partial charge in [-0.1, -0.05) is 11.6 Å². The third-order valence-electron chi connectivity index (χ3n) is 3.92. The van der Waals surface area contributed by atoms with Gasteiger partial charge < -0.3 is 9.63 Å². The molecule has 1 aliphatic heterocycles. The van der Waals surface area contributed by atoms with Crippen LogP contribution in [0, 0.1) is 0 Å². The fourth-order valence-electron chi connectivity index (χ4n) is 2.71. The van der Waals surface area contributed by atoms with E-state index in [1.807, 2.05) is 0 Å². The van der Waals surface area contributed by atoms with E-state index in [0.717, 1.165) is 44.5 Å². The fourth-order valence-corrected chi connectivity index (χ4v) is 2.71. The Bertz CT molecular complexity index is 456. The third-order valence-corrected chi connectivity index (χ3v) is 3.92. The number of nitrogens with zero attached hydrogens (tertiary/aromatic N) is 3. The highest BCUT2D eigenvalue weighted by atomic mass is 16.5. The van der Waals surface area contributed by atoms with E-state index in [-0.39, 0.29) is 12.5 Å². The lowest BCUT2D eigenvalue weighted by Gasteiger charge is -2.33. The zero-order valence-corrected chi connectivity index (χ0v) is 10.9. The monoisotopic (exact) mass is 265 g/mol. The van der Waals surface area contributed by atoms with E-state index in [4.69, 9.17) is 9.63 Å². The zero-order chi connectivity index (χ0) is 13.2. The van der Waals surface area contributed by atoms with Gasteiger partial charge in [-0.3, -0.25) is 9.69 Å². The molecule has 1 atom stereocenters. The van der Waals surface area contributed by atoms with E-state index < -0.39 is 5.97 Å². The largest absolute Gasteiger partial charge is 0.481 e. The summed E-state index contributed by atoms with van der Waals surface area (Å²) in [7, 11) is 0. The molecule has 1 saturated carbocycles. The summed E-state index contributed by atoms with van der Waals surface area (Å²) < 4.78 is 5.27. The third kappa shape index (κ3) is 3.12. The van der Waals surface area contributed by atoms with Gasteiger partial charge in [-0.25, -0.2) is 0 Å². The lowest BCUT2D eigenvalue weighted by atomic mass is 9.99. The van der Waals surface area contributed by atoms with Gasteiger partial charge in [0.2, 0.25) is 5.89 Å². The first-order valence-electron chi connectivity index (χ1n) is 7.00. The average molecular weight is 265 g/mol. The second-order valence-electron chi connectivity index (χ2n) is 5.54. The van der Waals surface area contributed by atoms with Crippen molar-refractivity contribution in [3.8, 4) is 0 Å². The number of aromatic nitrogens is 2. The predicted octanol–water partition coefficient (Wildman–Crippen LogP) is 1.78. The van der Waals surface area contributed by atoms with Crippen LogP contribution in [-0.4, -0.2) is 38.7 Å². The van der Waals surface area contributed by atoms with E-state index >= 15 is 0 Å². The van der Waals surface area contributed by atoms with Crippen molar-refractivity contribution in [2.45, 2.75) is 57.0 Å². The summed E-state index contributed by atoms with van der Waals surface area (Å²) in [6, 6.07) is 0.0996. The number of hydrogen-bond acceptors (Lipinski definition) is 5. The Kier molecular flexibility index (Phi) is 3.50. The number of rotatable bonds is 5. The van der Waals surface area contributed by atoms with Crippen molar-refractivity contribution in [1.29, 1.82) is 0 Å². The molecule has 0 amide bonds. The van der Waals surface area contributed by atoms with Crippen LogP contribution in [0.5, 0.6) is 0 Å². The van der Waals surface area contributed by atoms with Crippen molar-refractivity contribution in [1.82, 2.24) is 15.0 Å². The van der Waals surface area contributed by atoms with Gasteiger partial charge in [0.25, 0.3) is 0 Å². The van der Waals surface area contributed by atoms with Gasteiger partial charge in [-0.15, -0.1) is 0 Å². The molecule has 1 N–H and O–H groups in total. The van der Waals surface area contributed by atoms with Crippen LogP contribution in [0.25, 0.3) is 0 Å². The molecule has 2 aliphatic rings. The maximum atomic E-state index is 10.9. The van der Waals surface area contributed by atoms with Crippen molar-refractivity contribution < 1.29 is 14.4 Å². The van der Waals surface area contributed by atoms with E-state index in [1.54, 1.807) is 0 Å². The Morgan fingerprint density at radius 1 is 1.37 bits per heavy atom. The van der Waals surface area contributed by atoms with E-state index in [0.29, 0.717) is 18.4 Å². The molecule has 1 aromatic heterocycles. The molecule has 6 heteroatoms. The highest BCUT2D eigenvalue weighted by Crippen LogP contribution is 2.38. The van der Waals surface area contributed by atoms with Crippen LogP contribution in [0.4, 0.5) is 0 Å². The molecule has 6 nitrogen and oxygen atoms in total. The van der Waals surface area contributed by atoms with Crippen LogP contribution in [0.1, 0.15) is 56.2 Å². The molecule has 2 fully saturated rings. The molecule has 0 aromatic carbocycles. The first-order valence-corrected chi connectivity index (χ1v) is 7.00. The lowest BCUT2D eigenvalue weighted by molar-refractivity contribution is -0.138. The minimum absolute atomic E-state index is 0.0996. The van der Waals surface area contributed by atoms with Crippen molar-refractivity contribution >= 4 is 5.97 Å². The molecule has 2 heterocycles. The second kappa shape index (κ2) is 5.28. The summed E-state index contributed by atoms with van der Waals surface area (Å²) in [5.74, 6) is 1.20. The van der Waals surface area contributed by atoms with Gasteiger partial charge in [-0.2, -0.15) is 4.98 Å². The first-order chi connectivity index (χ1) is 9.22. The van der Waals surface area contributed by atoms with E-state index in [9.17, 15) is 4.79 Å². The maximum Gasteiger partial charge on any atom is 0.304 e. The summed E-state index contributed by atoms with van der Waals surface area (Å²) in [6.07, 6.45) is 5.67. The molecule has 1 aromatic rings. The second-order valence-corrected chi connectivity index (χ2v) is 5.54. The smallest absolute Gasteiger partial charge is 0.304 e. The quantitative estimate of drug-likeness (QED) is 0.874. The molecule has 0 bridgehead atoms. The van der Waals surface area contributed by atoms with Gasteiger partial charge >= 0.3 is 5.97 Å². The van der Waals surface area contributed by atoms with E-state index in [1.165, 1.54) is 0 Å². The van der Waals surface area contributed by atoms with Crippen LogP contribution in [-0.2, 0) is 11.3 Å². The van der Waals surface area contributed by atoms with Gasteiger partial charge in [0.15, 0.2) is 5.82 Å². The molecular weight excluding hydrogens is 246 g/mol. The summed E-state index contributed by atoms with van der Waals surface area (Å²) in [5.41, 5.74) is 0. The number of likely N-dealkylation sites (tertiary alicyclic amines) is 1. The van der Waals surface area contributed by atoms with E-state index in [2.05, 4.69) is 15.0 Å². The molecule has 3 rings (SSSR count). The van der Waals surface area contributed by atoms with Gasteiger partial charge in [0.1, 0.15) is 0 Å². The normalized spacial score (nSPS) is 24.5. The van der Waals surface area contributed by atoms with Crippen LogP contribution in [0.15, 0.2) is 4.52 Å².